The summed E-state index contributed by atoms with van der Waals surface area (Å²) in [4.78, 5) is 17.1. The Labute approximate surface area is 239 Å². The van der Waals surface area contributed by atoms with Crippen molar-refractivity contribution in [1.29, 1.82) is 0 Å². The predicted octanol–water partition coefficient (Wildman–Crippen LogP) is 3.19. The molecular formula is C29H36F2N4O5S. The van der Waals surface area contributed by atoms with Crippen LogP contribution >= 0.6 is 0 Å². The number of rotatable bonds is 16. The number of hydrogen-bond donors (Lipinski definition) is 4. The van der Waals surface area contributed by atoms with Crippen molar-refractivity contribution in [3.8, 4) is 0 Å². The summed E-state index contributed by atoms with van der Waals surface area (Å²) < 4.78 is 59.2. The zero-order chi connectivity index (χ0) is 29.8. The van der Waals surface area contributed by atoms with Crippen LogP contribution in [0.25, 0.3) is 0 Å². The van der Waals surface area contributed by atoms with Crippen LogP contribution in [0.2, 0.25) is 0 Å². The first-order valence-electron chi connectivity index (χ1n) is 13.3. The number of aliphatic hydroxyl groups excluding tert-OH is 1. The van der Waals surface area contributed by atoms with Gasteiger partial charge < -0.3 is 20.5 Å². The Morgan fingerprint density at radius 1 is 1.05 bits per heavy atom. The minimum absolute atomic E-state index is 0.0403. The number of aryl methyl sites for hydroxylation is 1. The lowest BCUT2D eigenvalue weighted by Gasteiger charge is -2.25. The Morgan fingerprint density at radius 3 is 2.44 bits per heavy atom. The van der Waals surface area contributed by atoms with Crippen LogP contribution in [0.5, 0.6) is 0 Å². The zero-order valence-corrected chi connectivity index (χ0v) is 23.9. The Morgan fingerprint density at radius 2 is 1.78 bits per heavy atom. The average Bonchev–Trinajstić information content (AvgIpc) is 2.92. The topological polar surface area (TPSA) is 130 Å². The zero-order valence-electron chi connectivity index (χ0n) is 23.1. The van der Waals surface area contributed by atoms with Gasteiger partial charge in [-0.3, -0.25) is 9.52 Å². The van der Waals surface area contributed by atoms with Gasteiger partial charge >= 0.3 is 0 Å². The lowest BCUT2D eigenvalue weighted by Crippen LogP contribution is -2.48. The van der Waals surface area contributed by atoms with Crippen LogP contribution < -0.4 is 15.4 Å². The summed E-state index contributed by atoms with van der Waals surface area (Å²) in [6, 6.07) is 12.9. The summed E-state index contributed by atoms with van der Waals surface area (Å²) >= 11 is 0. The molecule has 12 heteroatoms. The molecule has 0 saturated carbocycles. The number of amides is 1. The van der Waals surface area contributed by atoms with Gasteiger partial charge in [0.25, 0.3) is 5.91 Å². The van der Waals surface area contributed by atoms with Crippen LogP contribution in [-0.4, -0.2) is 62.6 Å². The molecule has 222 valence electrons. The first-order valence-corrected chi connectivity index (χ1v) is 14.9. The molecule has 0 radical (unpaired) electrons. The van der Waals surface area contributed by atoms with E-state index < -0.39 is 39.7 Å². The molecule has 0 aliphatic carbocycles. The number of sulfonamides is 1. The molecule has 0 unspecified atom stereocenters. The molecule has 2 atom stereocenters. The van der Waals surface area contributed by atoms with E-state index in [9.17, 15) is 27.1 Å². The third-order valence-corrected chi connectivity index (χ3v) is 7.63. The van der Waals surface area contributed by atoms with Crippen molar-refractivity contribution in [2.75, 3.05) is 30.7 Å². The van der Waals surface area contributed by atoms with E-state index in [4.69, 9.17) is 4.74 Å². The number of nitrogens with zero attached hydrogens (tertiary/aromatic N) is 1. The third-order valence-electron chi connectivity index (χ3n) is 6.29. The third kappa shape index (κ3) is 10.8. The van der Waals surface area contributed by atoms with Crippen molar-refractivity contribution < 1.29 is 31.8 Å². The van der Waals surface area contributed by atoms with Gasteiger partial charge in [-0.15, -0.1) is 0 Å². The van der Waals surface area contributed by atoms with E-state index in [0.29, 0.717) is 19.6 Å². The van der Waals surface area contributed by atoms with Gasteiger partial charge in [-0.25, -0.2) is 22.2 Å². The minimum atomic E-state index is -3.64. The van der Waals surface area contributed by atoms with Gasteiger partial charge in [0.05, 0.1) is 23.5 Å². The van der Waals surface area contributed by atoms with E-state index in [0.717, 1.165) is 30.2 Å². The van der Waals surface area contributed by atoms with Gasteiger partial charge in [0, 0.05) is 39.1 Å². The highest BCUT2D eigenvalue weighted by Gasteiger charge is 2.23. The van der Waals surface area contributed by atoms with Gasteiger partial charge in [0.1, 0.15) is 17.5 Å². The number of pyridine rings is 1. The summed E-state index contributed by atoms with van der Waals surface area (Å²) in [6.07, 6.45) is 1.26. The molecule has 0 bridgehead atoms. The lowest BCUT2D eigenvalue weighted by atomic mass is 10.00. The molecule has 9 nitrogen and oxygen atoms in total. The molecule has 3 aromatic rings. The predicted molar refractivity (Wildman–Crippen MR) is 153 cm³/mol. The summed E-state index contributed by atoms with van der Waals surface area (Å²) in [5.74, 6) is -2.23. The van der Waals surface area contributed by atoms with Crippen molar-refractivity contribution in [2.45, 2.75) is 44.9 Å². The number of benzene rings is 2. The molecule has 1 amide bonds. The van der Waals surface area contributed by atoms with E-state index in [-0.39, 0.29) is 35.7 Å². The first-order chi connectivity index (χ1) is 19.6. The monoisotopic (exact) mass is 590 g/mol. The Kier molecular flexibility index (Phi) is 12.1. The van der Waals surface area contributed by atoms with Crippen LogP contribution in [0.1, 0.15) is 40.4 Å². The highest BCUT2D eigenvalue weighted by molar-refractivity contribution is 7.92. The highest BCUT2D eigenvalue weighted by Crippen LogP contribution is 2.14. The van der Waals surface area contributed by atoms with Crippen molar-refractivity contribution >= 4 is 21.7 Å². The minimum Gasteiger partial charge on any atom is -0.390 e. The molecule has 0 fully saturated rings. The number of anilines is 1. The number of carbonyl (C=O) groups excluding carboxylic acids is 1. The van der Waals surface area contributed by atoms with E-state index >= 15 is 0 Å². The van der Waals surface area contributed by atoms with E-state index in [1.165, 1.54) is 31.0 Å². The number of ether oxygens (including phenoxy) is 1. The summed E-state index contributed by atoms with van der Waals surface area (Å²) in [7, 11) is -2.16. The molecule has 3 rings (SSSR count). The number of hydrogen-bond acceptors (Lipinski definition) is 7. The van der Waals surface area contributed by atoms with Crippen LogP contribution in [0.4, 0.5) is 14.6 Å². The largest absolute Gasteiger partial charge is 0.390 e. The molecule has 0 spiro atoms. The SMILES string of the molecule is CCc1cccc(CNC[C@@H](O)[C@H](Cc2cc(F)cc(F)c2)NC(=O)c2ccc(NS(=O)(=O)CCCOC)nc2)c1. The fourth-order valence-corrected chi connectivity index (χ4v) is 5.22. The van der Waals surface area contributed by atoms with Gasteiger partial charge in [-0.1, -0.05) is 31.2 Å². The Bertz CT molecular complexity index is 1370. The maximum absolute atomic E-state index is 13.8. The molecule has 0 aliphatic rings. The molecule has 41 heavy (non-hydrogen) atoms. The van der Waals surface area contributed by atoms with E-state index in [2.05, 4.69) is 33.3 Å². The highest BCUT2D eigenvalue weighted by atomic mass is 32.2. The standard InChI is InChI=1S/C29H36F2N4O5S/c1-3-20-6-4-7-21(12-20)17-32-19-27(36)26(15-22-13-24(30)16-25(31)14-22)34-29(37)23-8-9-28(33-18-23)35-41(38,39)11-5-10-40-2/h4,6-9,12-14,16,18,26-27,32,36H,3,5,10-11,15,17,19H2,1-2H3,(H,33,35)(H,34,37)/t26-,27+/m0/s1. The molecule has 1 heterocycles. The van der Waals surface area contributed by atoms with Crippen molar-refractivity contribution in [2.24, 2.45) is 0 Å². The molecule has 0 aliphatic heterocycles. The smallest absolute Gasteiger partial charge is 0.253 e. The van der Waals surface area contributed by atoms with Crippen LogP contribution in [-0.2, 0) is 34.1 Å². The van der Waals surface area contributed by atoms with Crippen molar-refractivity contribution in [1.82, 2.24) is 15.6 Å². The Balaban J connectivity index is 1.68. The van der Waals surface area contributed by atoms with Gasteiger partial charge in [-0.2, -0.15) is 0 Å². The maximum atomic E-state index is 13.8. The van der Waals surface area contributed by atoms with Gasteiger partial charge in [0.15, 0.2) is 0 Å². The number of carbonyl (C=O) groups is 1. The second-order valence-electron chi connectivity index (χ2n) is 9.63. The van der Waals surface area contributed by atoms with Gasteiger partial charge in [-0.05, 0) is 60.2 Å². The van der Waals surface area contributed by atoms with Gasteiger partial charge in [0.2, 0.25) is 10.0 Å². The second kappa shape index (κ2) is 15.5. The molecular weight excluding hydrogens is 554 g/mol. The fraction of sp³-hybridized carbons (Fsp3) is 0.379. The fourth-order valence-electron chi connectivity index (χ4n) is 4.18. The normalized spacial score (nSPS) is 13.0. The number of aromatic nitrogens is 1. The summed E-state index contributed by atoms with van der Waals surface area (Å²) in [5.41, 5.74) is 2.59. The summed E-state index contributed by atoms with van der Waals surface area (Å²) in [6.45, 7) is 2.93. The number of nitrogens with one attached hydrogen (secondary N) is 3. The molecule has 2 aromatic carbocycles. The van der Waals surface area contributed by atoms with Crippen molar-refractivity contribution in [3.05, 3.63) is 94.7 Å². The lowest BCUT2D eigenvalue weighted by molar-refractivity contribution is 0.0829. The van der Waals surface area contributed by atoms with Crippen LogP contribution in [0.15, 0.2) is 60.8 Å². The van der Waals surface area contributed by atoms with Crippen LogP contribution in [0, 0.1) is 11.6 Å². The maximum Gasteiger partial charge on any atom is 0.253 e. The second-order valence-corrected chi connectivity index (χ2v) is 11.5. The van der Waals surface area contributed by atoms with Crippen LogP contribution in [0.3, 0.4) is 0 Å². The molecule has 1 aromatic heterocycles. The first kappa shape index (κ1) is 32.1. The number of aliphatic hydroxyl groups is 1. The van der Waals surface area contributed by atoms with Crippen molar-refractivity contribution in [3.63, 3.8) is 0 Å². The Hall–Kier alpha value is -3.45. The quantitative estimate of drug-likeness (QED) is 0.189. The molecule has 0 saturated heterocycles. The number of halogens is 2. The van der Waals surface area contributed by atoms with E-state index in [1.807, 2.05) is 18.2 Å². The van der Waals surface area contributed by atoms with E-state index in [1.54, 1.807) is 0 Å². The number of methoxy groups -OCH3 is 1. The summed E-state index contributed by atoms with van der Waals surface area (Å²) in [5, 5.41) is 16.9. The molecule has 4 N–H and O–H groups in total. The average molecular weight is 591 g/mol.